The zero-order chi connectivity index (χ0) is 22.0. The quantitative estimate of drug-likeness (QED) is 0.785. The Labute approximate surface area is 187 Å². The van der Waals surface area contributed by atoms with E-state index in [1.54, 1.807) is 29.2 Å². The molecule has 1 N–H and O–H groups in total. The molecule has 0 saturated carbocycles. The average Bonchev–Trinajstić information content (AvgIpc) is 3.17. The Bertz CT molecular complexity index is 967. The zero-order valence-corrected chi connectivity index (χ0v) is 18.3. The number of halogens is 1. The van der Waals surface area contributed by atoms with Gasteiger partial charge in [-0.1, -0.05) is 29.3 Å². The minimum absolute atomic E-state index is 0.0134. The summed E-state index contributed by atoms with van der Waals surface area (Å²) in [5.41, 5.74) is 2.68. The fourth-order valence-electron chi connectivity index (χ4n) is 4.25. The lowest BCUT2D eigenvalue weighted by Crippen LogP contribution is -2.44. The second-order valence-corrected chi connectivity index (χ2v) is 8.77. The van der Waals surface area contributed by atoms with Crippen molar-refractivity contribution in [1.82, 2.24) is 4.90 Å². The SMILES string of the molecule is Cc1ccc(N2CC(C(=O)N3CCC(C(=O)Nc4ccc(Cl)cc4)CC3)CC2=O)cc1. The molecule has 2 aromatic carbocycles. The largest absolute Gasteiger partial charge is 0.342 e. The number of carbonyl (C=O) groups is 3. The van der Waals surface area contributed by atoms with Crippen LogP contribution in [0.3, 0.4) is 0 Å². The van der Waals surface area contributed by atoms with E-state index in [9.17, 15) is 14.4 Å². The maximum Gasteiger partial charge on any atom is 0.228 e. The Balaban J connectivity index is 1.30. The van der Waals surface area contributed by atoms with Crippen LogP contribution in [-0.4, -0.2) is 42.3 Å². The molecule has 162 valence electrons. The highest BCUT2D eigenvalue weighted by Crippen LogP contribution is 2.28. The summed E-state index contributed by atoms with van der Waals surface area (Å²) >= 11 is 5.88. The van der Waals surface area contributed by atoms with Crippen molar-refractivity contribution >= 4 is 40.7 Å². The number of hydrogen-bond acceptors (Lipinski definition) is 3. The Morgan fingerprint density at radius 2 is 1.61 bits per heavy atom. The lowest BCUT2D eigenvalue weighted by Gasteiger charge is -2.33. The summed E-state index contributed by atoms with van der Waals surface area (Å²) in [7, 11) is 0. The zero-order valence-electron chi connectivity index (χ0n) is 17.5. The van der Waals surface area contributed by atoms with Crippen LogP contribution in [-0.2, 0) is 14.4 Å². The highest BCUT2D eigenvalue weighted by molar-refractivity contribution is 6.30. The Morgan fingerprint density at radius 3 is 2.26 bits per heavy atom. The molecule has 6 nitrogen and oxygen atoms in total. The molecule has 0 bridgehead atoms. The fourth-order valence-corrected chi connectivity index (χ4v) is 4.37. The van der Waals surface area contributed by atoms with Crippen molar-refractivity contribution in [3.05, 3.63) is 59.1 Å². The normalized spacial score (nSPS) is 19.5. The molecule has 2 aliphatic heterocycles. The van der Waals surface area contributed by atoms with Gasteiger partial charge in [-0.3, -0.25) is 14.4 Å². The molecule has 1 atom stereocenters. The summed E-state index contributed by atoms with van der Waals surface area (Å²) in [5.74, 6) is -0.489. The molecule has 4 rings (SSSR count). The molecule has 2 saturated heterocycles. The molecule has 7 heteroatoms. The van der Waals surface area contributed by atoms with E-state index in [-0.39, 0.29) is 36.0 Å². The summed E-state index contributed by atoms with van der Waals surface area (Å²) < 4.78 is 0. The molecular weight excluding hydrogens is 414 g/mol. The third-order valence-corrected chi connectivity index (χ3v) is 6.36. The third-order valence-electron chi connectivity index (χ3n) is 6.11. The van der Waals surface area contributed by atoms with Crippen LogP contribution in [0.2, 0.25) is 5.02 Å². The standard InChI is InChI=1S/C24H26ClN3O3/c1-16-2-8-21(9-3-16)28-15-18(14-22(28)29)24(31)27-12-10-17(11-13-27)23(30)26-20-6-4-19(25)5-7-20/h2-9,17-18H,10-15H2,1H3,(H,26,30). The van der Waals surface area contributed by atoms with Crippen LogP contribution in [0.1, 0.15) is 24.8 Å². The number of piperidine rings is 1. The number of anilines is 2. The molecule has 0 aromatic heterocycles. The minimum atomic E-state index is -0.326. The lowest BCUT2D eigenvalue weighted by molar-refractivity contribution is -0.138. The number of rotatable bonds is 4. The van der Waals surface area contributed by atoms with E-state index in [0.29, 0.717) is 43.2 Å². The van der Waals surface area contributed by atoms with Crippen LogP contribution in [0.4, 0.5) is 11.4 Å². The van der Waals surface area contributed by atoms with Gasteiger partial charge in [0.15, 0.2) is 0 Å². The second kappa shape index (κ2) is 9.10. The van der Waals surface area contributed by atoms with Gasteiger partial charge in [-0.15, -0.1) is 0 Å². The highest BCUT2D eigenvalue weighted by Gasteiger charge is 2.38. The average molecular weight is 440 g/mol. The van der Waals surface area contributed by atoms with Gasteiger partial charge in [0.1, 0.15) is 0 Å². The number of amides is 3. The first-order valence-electron chi connectivity index (χ1n) is 10.6. The van der Waals surface area contributed by atoms with E-state index in [4.69, 9.17) is 11.6 Å². The molecule has 3 amide bonds. The highest BCUT2D eigenvalue weighted by atomic mass is 35.5. The third kappa shape index (κ3) is 4.90. The van der Waals surface area contributed by atoms with Crippen molar-refractivity contribution in [3.8, 4) is 0 Å². The molecule has 31 heavy (non-hydrogen) atoms. The van der Waals surface area contributed by atoms with E-state index in [2.05, 4.69) is 5.32 Å². The summed E-state index contributed by atoms with van der Waals surface area (Å²) in [5, 5.41) is 3.54. The van der Waals surface area contributed by atoms with Crippen molar-refractivity contribution < 1.29 is 14.4 Å². The summed E-state index contributed by atoms with van der Waals surface area (Å²) in [4.78, 5) is 41.6. The van der Waals surface area contributed by atoms with Crippen LogP contribution < -0.4 is 10.2 Å². The van der Waals surface area contributed by atoms with Crippen molar-refractivity contribution in [3.63, 3.8) is 0 Å². The van der Waals surface area contributed by atoms with E-state index in [0.717, 1.165) is 11.3 Å². The van der Waals surface area contributed by atoms with Crippen molar-refractivity contribution in [2.45, 2.75) is 26.2 Å². The summed E-state index contributed by atoms with van der Waals surface area (Å²) in [6, 6.07) is 14.8. The van der Waals surface area contributed by atoms with E-state index in [1.165, 1.54) is 0 Å². The predicted octanol–water partition coefficient (Wildman–Crippen LogP) is 3.88. The first-order valence-corrected chi connectivity index (χ1v) is 11.0. The van der Waals surface area contributed by atoms with Gasteiger partial charge >= 0.3 is 0 Å². The molecular formula is C24H26ClN3O3. The van der Waals surface area contributed by atoms with Gasteiger partial charge in [0.05, 0.1) is 5.92 Å². The van der Waals surface area contributed by atoms with Crippen molar-refractivity contribution in [2.75, 3.05) is 29.9 Å². The summed E-state index contributed by atoms with van der Waals surface area (Å²) in [6.07, 6.45) is 1.48. The van der Waals surface area contributed by atoms with Crippen LogP contribution in [0, 0.1) is 18.8 Å². The number of hydrogen-bond donors (Lipinski definition) is 1. The number of nitrogens with zero attached hydrogens (tertiary/aromatic N) is 2. The molecule has 0 aliphatic carbocycles. The second-order valence-electron chi connectivity index (χ2n) is 8.34. The number of nitrogens with one attached hydrogen (secondary N) is 1. The number of benzene rings is 2. The van der Waals surface area contributed by atoms with Gasteiger partial charge in [-0.2, -0.15) is 0 Å². The molecule has 2 fully saturated rings. The topological polar surface area (TPSA) is 69.7 Å². The van der Waals surface area contributed by atoms with Crippen molar-refractivity contribution in [1.29, 1.82) is 0 Å². The van der Waals surface area contributed by atoms with E-state index < -0.39 is 0 Å². The number of likely N-dealkylation sites (tertiary alicyclic amines) is 1. The van der Waals surface area contributed by atoms with Gasteiger partial charge in [-0.05, 0) is 56.2 Å². The van der Waals surface area contributed by atoms with Crippen LogP contribution in [0.25, 0.3) is 0 Å². The molecule has 0 radical (unpaired) electrons. The first-order chi connectivity index (χ1) is 14.9. The van der Waals surface area contributed by atoms with Gasteiger partial charge < -0.3 is 15.1 Å². The Kier molecular flexibility index (Phi) is 6.28. The Morgan fingerprint density at radius 1 is 0.968 bits per heavy atom. The Hall–Kier alpha value is -2.86. The molecule has 2 heterocycles. The monoisotopic (exact) mass is 439 g/mol. The molecule has 2 aromatic rings. The first kappa shape index (κ1) is 21.4. The fraction of sp³-hybridized carbons (Fsp3) is 0.375. The molecule has 2 aliphatic rings. The van der Waals surface area contributed by atoms with Gasteiger partial charge in [0.25, 0.3) is 0 Å². The van der Waals surface area contributed by atoms with E-state index in [1.807, 2.05) is 36.1 Å². The van der Waals surface area contributed by atoms with Gasteiger partial charge in [0, 0.05) is 48.4 Å². The van der Waals surface area contributed by atoms with Crippen molar-refractivity contribution in [2.24, 2.45) is 11.8 Å². The lowest BCUT2D eigenvalue weighted by atomic mass is 9.94. The minimum Gasteiger partial charge on any atom is -0.342 e. The molecule has 0 spiro atoms. The van der Waals surface area contributed by atoms with Crippen LogP contribution >= 0.6 is 11.6 Å². The smallest absolute Gasteiger partial charge is 0.228 e. The maximum absolute atomic E-state index is 13.0. The van der Waals surface area contributed by atoms with Crippen LogP contribution in [0.5, 0.6) is 0 Å². The van der Waals surface area contributed by atoms with Gasteiger partial charge in [-0.25, -0.2) is 0 Å². The number of carbonyl (C=O) groups excluding carboxylic acids is 3. The van der Waals surface area contributed by atoms with Crippen LogP contribution in [0.15, 0.2) is 48.5 Å². The maximum atomic E-state index is 13.0. The van der Waals surface area contributed by atoms with Gasteiger partial charge in [0.2, 0.25) is 17.7 Å². The summed E-state index contributed by atoms with van der Waals surface area (Å²) in [6.45, 7) is 3.48. The van der Waals surface area contributed by atoms with E-state index >= 15 is 0 Å². The molecule has 1 unspecified atom stereocenters. The predicted molar refractivity (Wildman–Crippen MR) is 121 cm³/mol. The number of aryl methyl sites for hydroxylation is 1.